The van der Waals surface area contributed by atoms with E-state index in [4.69, 9.17) is 16.0 Å². The first kappa shape index (κ1) is 21.0. The zero-order chi connectivity index (χ0) is 18.8. The Labute approximate surface area is 149 Å². The number of rotatable bonds is 8. The third-order valence-corrected chi connectivity index (χ3v) is 5.30. The summed E-state index contributed by atoms with van der Waals surface area (Å²) in [6, 6.07) is 0.440. The van der Waals surface area contributed by atoms with E-state index in [0.717, 1.165) is 25.0 Å². The number of carbonyl (C=O) groups excluding carboxylic acids is 3. The number of aliphatic carboxylic acids is 1. The minimum Gasteiger partial charge on any atom is -0.481 e. The van der Waals surface area contributed by atoms with Crippen LogP contribution in [-0.2, 0) is 14.4 Å². The normalized spacial score (nSPS) is 23.6. The molecule has 0 radical (unpaired) electrons. The van der Waals surface area contributed by atoms with Gasteiger partial charge in [-0.3, -0.25) is 19.6 Å². The van der Waals surface area contributed by atoms with Gasteiger partial charge in [-0.1, -0.05) is 6.42 Å². The predicted octanol–water partition coefficient (Wildman–Crippen LogP) is -0.446. The number of carbonyl (C=O) groups is 4. The van der Waals surface area contributed by atoms with Crippen LogP contribution in [0.15, 0.2) is 0 Å². The van der Waals surface area contributed by atoms with Crippen LogP contribution in [0.4, 0.5) is 4.79 Å². The third-order valence-electron chi connectivity index (χ3n) is 3.79. The number of fused-ring (bicyclic) bond motifs is 1. The van der Waals surface area contributed by atoms with Crippen LogP contribution in [0.2, 0.25) is 0 Å². The van der Waals surface area contributed by atoms with Gasteiger partial charge in [-0.2, -0.15) is 11.8 Å². The molecule has 0 saturated carbocycles. The Morgan fingerprint density at radius 3 is 2.52 bits per heavy atom. The molecule has 2 aliphatic rings. The Hall–Kier alpha value is -2.01. The van der Waals surface area contributed by atoms with Crippen LogP contribution in [0, 0.1) is 0 Å². The van der Waals surface area contributed by atoms with Crippen LogP contribution in [0.3, 0.4) is 0 Å². The van der Waals surface area contributed by atoms with E-state index in [2.05, 4.69) is 10.6 Å². The fourth-order valence-corrected chi connectivity index (χ4v) is 4.10. The summed E-state index contributed by atoms with van der Waals surface area (Å²) in [5, 5.41) is 22.7. The fraction of sp³-hybridized carbons (Fsp3) is 0.714. The monoisotopic (exact) mass is 376 g/mol. The van der Waals surface area contributed by atoms with E-state index in [1.165, 1.54) is 5.48 Å². The molecule has 0 aliphatic carbocycles. The zero-order valence-electron chi connectivity index (χ0n) is 13.7. The smallest absolute Gasteiger partial charge is 0.315 e. The van der Waals surface area contributed by atoms with Crippen LogP contribution in [-0.4, -0.2) is 57.2 Å². The molecular formula is C14H24N4O6S. The molecule has 0 unspecified atom stereocenters. The highest BCUT2D eigenvalue weighted by Crippen LogP contribution is 2.33. The number of carboxylic acid groups (broad SMARTS) is 1. The maximum absolute atomic E-state index is 11.1. The number of hydroxylamine groups is 1. The molecule has 0 aromatic carbocycles. The fourth-order valence-electron chi connectivity index (χ4n) is 2.56. The van der Waals surface area contributed by atoms with E-state index >= 15 is 0 Å². The zero-order valence-corrected chi connectivity index (χ0v) is 14.5. The molecule has 25 heavy (non-hydrogen) atoms. The highest BCUT2D eigenvalue weighted by Gasteiger charge is 2.42. The Bertz CT molecular complexity index is 504. The van der Waals surface area contributed by atoms with Gasteiger partial charge in [0, 0.05) is 30.3 Å². The molecule has 2 aliphatic heterocycles. The van der Waals surface area contributed by atoms with Crippen molar-refractivity contribution in [1.82, 2.24) is 16.1 Å². The summed E-state index contributed by atoms with van der Waals surface area (Å²) in [7, 11) is 0. The van der Waals surface area contributed by atoms with Crippen LogP contribution in [0.1, 0.15) is 38.5 Å². The Balaban J connectivity index is 0.000000299. The number of hydrogen-bond donors (Lipinski definition) is 6. The molecular weight excluding hydrogens is 352 g/mol. The largest absolute Gasteiger partial charge is 0.481 e. The highest BCUT2D eigenvalue weighted by atomic mass is 32.2. The van der Waals surface area contributed by atoms with Crippen molar-refractivity contribution >= 4 is 35.6 Å². The number of primary amides is 1. The average molecular weight is 376 g/mol. The van der Waals surface area contributed by atoms with Gasteiger partial charge in [0.2, 0.25) is 11.8 Å². The molecule has 2 fully saturated rings. The van der Waals surface area contributed by atoms with Gasteiger partial charge in [0.1, 0.15) is 0 Å². The molecule has 0 spiro atoms. The lowest BCUT2D eigenvalue weighted by atomic mass is 10.0. The summed E-state index contributed by atoms with van der Waals surface area (Å²) >= 11 is 1.87. The topological polar surface area (TPSA) is 171 Å². The van der Waals surface area contributed by atoms with Gasteiger partial charge in [0.05, 0.1) is 12.1 Å². The van der Waals surface area contributed by atoms with E-state index < -0.39 is 17.8 Å². The van der Waals surface area contributed by atoms with Crippen molar-refractivity contribution in [3.63, 3.8) is 0 Å². The Morgan fingerprint density at radius 2 is 1.92 bits per heavy atom. The standard InChI is InChI=1S/C10H16N2O3S.C4H8N2O3/c13-8(14)4-2-1-3-7-9-6(5-16-7)11-10(15)12-9;5-3(7)1-2-4(8)6-9/h6-7,9H,1-5H2,(H,13,14)(H2,11,12,15);9H,1-2H2,(H2,5,7)(H,6,8)/t6-,7-,9-;/m0./s1. The maximum Gasteiger partial charge on any atom is 0.315 e. The second kappa shape index (κ2) is 10.8. The molecule has 0 aromatic rings. The molecule has 7 N–H and O–H groups in total. The number of nitrogens with one attached hydrogen (secondary N) is 3. The summed E-state index contributed by atoms with van der Waals surface area (Å²) in [5.74, 6) is -0.923. The van der Waals surface area contributed by atoms with Crippen molar-refractivity contribution < 1.29 is 29.5 Å². The summed E-state index contributed by atoms with van der Waals surface area (Å²) < 4.78 is 0. The van der Waals surface area contributed by atoms with Gasteiger partial charge in [-0.05, 0) is 12.8 Å². The first-order chi connectivity index (χ1) is 11.8. The van der Waals surface area contributed by atoms with Crippen molar-refractivity contribution in [2.24, 2.45) is 5.73 Å². The Kier molecular flexibility index (Phi) is 9.06. The summed E-state index contributed by atoms with van der Waals surface area (Å²) in [6.45, 7) is 0. The van der Waals surface area contributed by atoms with Crippen LogP contribution < -0.4 is 21.8 Å². The number of hydrogen-bond acceptors (Lipinski definition) is 6. The first-order valence-corrected chi connectivity index (χ1v) is 9.00. The first-order valence-electron chi connectivity index (χ1n) is 7.95. The van der Waals surface area contributed by atoms with Crippen LogP contribution in [0.25, 0.3) is 0 Å². The van der Waals surface area contributed by atoms with E-state index in [1.807, 2.05) is 11.8 Å². The molecule has 2 saturated heterocycles. The summed E-state index contributed by atoms with van der Waals surface area (Å²) in [5.41, 5.74) is 6.07. The number of unbranched alkanes of at least 4 members (excludes halogenated alkanes) is 1. The van der Waals surface area contributed by atoms with Crippen molar-refractivity contribution in [2.45, 2.75) is 55.9 Å². The van der Waals surface area contributed by atoms with E-state index in [1.54, 1.807) is 0 Å². The molecule has 0 aromatic heterocycles. The van der Waals surface area contributed by atoms with Crippen molar-refractivity contribution in [1.29, 1.82) is 0 Å². The number of amides is 4. The van der Waals surface area contributed by atoms with Crippen molar-refractivity contribution in [2.75, 3.05) is 5.75 Å². The van der Waals surface area contributed by atoms with Crippen molar-refractivity contribution in [3.8, 4) is 0 Å². The summed E-state index contributed by atoms with van der Waals surface area (Å²) in [6.07, 6.45) is 2.78. The minimum absolute atomic E-state index is 0.0353. The number of thioether (sulfide) groups is 1. The van der Waals surface area contributed by atoms with E-state index in [-0.39, 0.29) is 37.4 Å². The van der Waals surface area contributed by atoms with Gasteiger partial charge in [0.25, 0.3) is 0 Å². The van der Waals surface area contributed by atoms with Gasteiger partial charge < -0.3 is 21.5 Å². The molecule has 2 rings (SSSR count). The van der Waals surface area contributed by atoms with Crippen LogP contribution in [0.5, 0.6) is 0 Å². The maximum atomic E-state index is 11.1. The second-order valence-electron chi connectivity index (χ2n) is 5.76. The lowest BCUT2D eigenvalue weighted by molar-refractivity contribution is -0.137. The third kappa shape index (κ3) is 8.07. The van der Waals surface area contributed by atoms with E-state index in [0.29, 0.717) is 5.25 Å². The minimum atomic E-state index is -0.729. The quantitative estimate of drug-likeness (QED) is 0.144. The number of nitrogens with two attached hydrogens (primary N) is 1. The molecule has 3 atom stereocenters. The number of urea groups is 1. The molecule has 11 heteroatoms. The average Bonchev–Trinajstić information content (AvgIpc) is 3.09. The predicted molar refractivity (Wildman–Crippen MR) is 90.0 cm³/mol. The molecule has 4 amide bonds. The summed E-state index contributed by atoms with van der Waals surface area (Å²) in [4.78, 5) is 41.6. The number of carboxylic acids is 1. The SMILES string of the molecule is NC(=O)CCC(=O)NO.O=C(O)CCCC[C@@H]1SC[C@@H]2NC(=O)N[C@@H]21. The lowest BCUT2D eigenvalue weighted by Gasteiger charge is -2.16. The highest BCUT2D eigenvalue weighted by molar-refractivity contribution is 8.00. The van der Waals surface area contributed by atoms with Crippen molar-refractivity contribution in [3.05, 3.63) is 0 Å². The molecule has 0 bridgehead atoms. The molecule has 2 heterocycles. The Morgan fingerprint density at radius 1 is 1.20 bits per heavy atom. The van der Waals surface area contributed by atoms with Gasteiger partial charge in [0.15, 0.2) is 0 Å². The second-order valence-corrected chi connectivity index (χ2v) is 7.03. The molecule has 10 nitrogen and oxygen atoms in total. The molecule has 142 valence electrons. The van der Waals surface area contributed by atoms with Gasteiger partial charge in [-0.25, -0.2) is 10.3 Å². The van der Waals surface area contributed by atoms with E-state index in [9.17, 15) is 19.2 Å². The van der Waals surface area contributed by atoms with Crippen LogP contribution >= 0.6 is 11.8 Å². The van der Waals surface area contributed by atoms with Gasteiger partial charge in [-0.15, -0.1) is 0 Å². The lowest BCUT2D eigenvalue weighted by Crippen LogP contribution is -2.36. The van der Waals surface area contributed by atoms with Gasteiger partial charge >= 0.3 is 12.0 Å².